The number of carbonyl (C=O) groups is 6. The Bertz CT molecular complexity index is 4010. The summed E-state index contributed by atoms with van der Waals surface area (Å²) in [5.74, 6) is -5.97. The molecule has 0 aromatic heterocycles. The van der Waals surface area contributed by atoms with E-state index in [1.165, 1.54) is 42.5 Å². The molecule has 12 N–H and O–H groups in total. The van der Waals surface area contributed by atoms with E-state index in [4.69, 9.17) is 5.11 Å². The monoisotopic (exact) mass is 1420 g/mol. The van der Waals surface area contributed by atoms with E-state index in [-0.39, 0.29) is 44.4 Å². The molecular formula is C59H68AsN6O20S5+. The van der Waals surface area contributed by atoms with Gasteiger partial charge in [-0.15, -0.1) is 0 Å². The molecule has 5 aromatic carbocycles. The Morgan fingerprint density at radius 3 is 2.03 bits per heavy atom. The van der Waals surface area contributed by atoms with E-state index >= 15 is 0 Å². The molecule has 7 rings (SSSR count). The van der Waals surface area contributed by atoms with Gasteiger partial charge < -0.3 is 20.4 Å². The first kappa shape index (κ1) is 71.8. The number of fused-ring (bicyclic) bond motifs is 6. The number of anilines is 2. The number of carbonyl (C=O) groups excluding carboxylic acids is 4. The van der Waals surface area contributed by atoms with Crippen LogP contribution in [0.25, 0.3) is 21.5 Å². The smallest absolute Gasteiger partial charge is 0.480 e. The summed E-state index contributed by atoms with van der Waals surface area (Å²) in [6.07, 6.45) is 9.65. The number of hydrogen-bond acceptors (Lipinski definition) is 20. The average molecular weight is 1420 g/mol. The number of carboxylic acids is 2. The minimum absolute atomic E-state index is 0.0987. The van der Waals surface area contributed by atoms with E-state index in [1.54, 1.807) is 24.3 Å². The molecule has 5 aromatic rings. The Kier molecular flexibility index (Phi) is 24.3. The van der Waals surface area contributed by atoms with Crippen molar-refractivity contribution in [2.75, 3.05) is 41.4 Å². The Morgan fingerprint density at radius 1 is 0.725 bits per heavy atom. The van der Waals surface area contributed by atoms with E-state index in [0.717, 1.165) is 34.4 Å². The number of carboxylic acid groups (broad SMARTS) is 2. The first-order valence-corrected chi connectivity index (χ1v) is 36.1. The van der Waals surface area contributed by atoms with E-state index < -0.39 is 112 Å². The molecule has 2 atom stereocenters. The molecule has 32 heteroatoms. The van der Waals surface area contributed by atoms with Gasteiger partial charge in [-0.2, -0.15) is 30.1 Å². The molecule has 0 bridgehead atoms. The van der Waals surface area contributed by atoms with Gasteiger partial charge in [0.15, 0.2) is 5.71 Å². The van der Waals surface area contributed by atoms with Crippen LogP contribution >= 0.6 is 35.8 Å². The molecule has 0 aliphatic carbocycles. The number of likely N-dealkylation sites (N-methyl/N-ethyl adjacent to an activating group) is 1. The molecule has 0 saturated carbocycles. The number of allylic oxidation sites excluding steroid dienone is 6. The van der Waals surface area contributed by atoms with Gasteiger partial charge in [-0.05, 0) is 104 Å². The number of aliphatic carboxylic acids is 2. The molecule has 488 valence electrons. The molecule has 26 nitrogen and oxygen atoms in total. The van der Waals surface area contributed by atoms with Crippen LogP contribution in [0, 0.1) is 0 Å². The molecule has 2 aliphatic rings. The topological polar surface area (TPSA) is 405 Å². The van der Waals surface area contributed by atoms with Crippen LogP contribution < -0.4 is 30.5 Å². The summed E-state index contributed by atoms with van der Waals surface area (Å²) in [4.78, 5) is 77.3. The van der Waals surface area contributed by atoms with E-state index in [2.05, 4.69) is 39.4 Å². The second-order valence-electron chi connectivity index (χ2n) is 22.0. The third-order valence-electron chi connectivity index (χ3n) is 15.2. The normalized spacial score (nSPS) is 15.6. The molecule has 2 aliphatic heterocycles. The Hall–Kier alpha value is -6.68. The van der Waals surface area contributed by atoms with Gasteiger partial charge in [-0.25, -0.2) is 15.3 Å². The Labute approximate surface area is 542 Å². The van der Waals surface area contributed by atoms with Crippen LogP contribution in [0.5, 0.6) is 0 Å². The van der Waals surface area contributed by atoms with Gasteiger partial charge in [0.2, 0.25) is 11.6 Å². The van der Waals surface area contributed by atoms with Crippen LogP contribution in [0.4, 0.5) is 17.1 Å². The molecule has 0 saturated heterocycles. The van der Waals surface area contributed by atoms with Gasteiger partial charge in [0.1, 0.15) is 24.0 Å². The molecule has 0 radical (unpaired) electrons. The third kappa shape index (κ3) is 17.5. The zero-order valence-corrected chi connectivity index (χ0v) is 55.6. The SMILES string of the molecule is CCN1/C(=C/C=C/C=C/C2=[N+](CCCCCC(=O)N[C@@H](CCC(=O)N[C@@H](CSCC(=O)Nc3ccc([As](O)O)cc3)C(=O)NCC(=O)O)C(=O)O)c3ccc4c(S(=O)(=O)O)cc(SOO)cc4c3C2(C)C)C(C)(C)c2c1ccc1c(SOO)cc(S(=O)(=O)O)cc21. The quantitative estimate of drug-likeness (QED) is 0.00337. The van der Waals surface area contributed by atoms with Crippen molar-refractivity contribution in [3.05, 3.63) is 120 Å². The number of nitrogens with one attached hydrogen (secondary N) is 4. The number of thioether (sulfide) groups is 1. The Balaban J connectivity index is 1.05. The van der Waals surface area contributed by atoms with Gasteiger partial charge in [0.25, 0.3) is 20.2 Å². The minimum Gasteiger partial charge on any atom is -0.480 e. The summed E-state index contributed by atoms with van der Waals surface area (Å²) in [6, 6.07) is 15.5. The van der Waals surface area contributed by atoms with Gasteiger partial charge in [0.05, 0.1) is 34.4 Å². The summed E-state index contributed by atoms with van der Waals surface area (Å²) >= 11 is -1.14. The Morgan fingerprint density at radius 2 is 1.40 bits per heavy atom. The number of amides is 4. The summed E-state index contributed by atoms with van der Waals surface area (Å²) in [6.45, 7) is 9.97. The van der Waals surface area contributed by atoms with Gasteiger partial charge in [-0.1, -0.05) is 38.1 Å². The van der Waals surface area contributed by atoms with Gasteiger partial charge in [-0.3, -0.25) is 23.5 Å². The molecule has 2 heterocycles. The van der Waals surface area contributed by atoms with Gasteiger partial charge >= 0.3 is 142 Å². The summed E-state index contributed by atoms with van der Waals surface area (Å²) < 4.78 is 101. The predicted octanol–water partition coefficient (Wildman–Crippen LogP) is 6.32. The fourth-order valence-electron chi connectivity index (χ4n) is 11.2. The predicted molar refractivity (Wildman–Crippen MR) is 344 cm³/mol. The van der Waals surface area contributed by atoms with Crippen molar-refractivity contribution in [2.24, 2.45) is 0 Å². The van der Waals surface area contributed by atoms with Crippen molar-refractivity contribution < 1.29 is 96.9 Å². The molecule has 0 unspecified atom stereocenters. The standard InChI is InChI=1S/C59H67AsN6O20S5/c1-6-65-44-23-20-38-41(29-37(90(79,80)81)30-46(38)89-86-78)55(44)58(2,3)48(65)13-9-7-10-14-49-59(4,5)54-40-27-36(88-85-77)28-47(91(82,83)84)39(40)21-24-45(54)66(49)26-12-8-11-15-50(67)63-42(57(73)74)22-25-51(68)64-43(56(72)61-31-53(70)71)32-87-33-52(69)62-35-18-16-34(17-19-35)60(75)76/h7,9-10,13-14,16-21,23-24,27-30,42-43,75-76H,6,8,11-12,15,22,25-26,31-33H2,1-5H3,(H9-,61,62,63,64,67,68,69,70,71,72,73,74,77,78,79,80,81,82,83,84)/p+1/t42-,43-/m0/s1. The summed E-state index contributed by atoms with van der Waals surface area (Å²) in [5.41, 5.74) is 3.39. The summed E-state index contributed by atoms with van der Waals surface area (Å²) in [7, 11) is -9.45. The zero-order valence-electron chi connectivity index (χ0n) is 49.6. The van der Waals surface area contributed by atoms with Crippen LogP contribution in [0.2, 0.25) is 0 Å². The van der Waals surface area contributed by atoms with Crippen molar-refractivity contribution in [2.45, 2.75) is 116 Å². The van der Waals surface area contributed by atoms with E-state index in [0.29, 0.717) is 93.9 Å². The van der Waals surface area contributed by atoms with Crippen molar-refractivity contribution in [3.8, 4) is 0 Å². The van der Waals surface area contributed by atoms with Crippen molar-refractivity contribution in [1.29, 1.82) is 0 Å². The van der Waals surface area contributed by atoms with Crippen molar-refractivity contribution in [3.63, 3.8) is 0 Å². The minimum atomic E-state index is -4.79. The van der Waals surface area contributed by atoms with Gasteiger partial charge in [0, 0.05) is 75.5 Å². The second kappa shape index (κ2) is 30.8. The van der Waals surface area contributed by atoms with E-state index in [1.807, 2.05) is 71.1 Å². The summed E-state index contributed by atoms with van der Waals surface area (Å²) in [5, 5.41) is 49.3. The number of nitrogens with zero attached hydrogens (tertiary/aromatic N) is 2. The number of unbranched alkanes of at least 4 members (excludes halogenated alkanes) is 2. The molecular weight excluding hydrogens is 1350 g/mol. The molecule has 0 fully saturated rings. The molecule has 0 spiro atoms. The molecule has 4 amide bonds. The van der Waals surface area contributed by atoms with Crippen LogP contribution in [0.1, 0.15) is 84.3 Å². The zero-order chi connectivity index (χ0) is 66.8. The number of rotatable bonds is 31. The fraction of sp³-hybridized carbons (Fsp3) is 0.339. The van der Waals surface area contributed by atoms with Crippen LogP contribution in [-0.4, -0.2) is 159 Å². The van der Waals surface area contributed by atoms with Crippen LogP contribution in [0.3, 0.4) is 0 Å². The maximum absolute atomic E-state index is 13.3. The average Bonchev–Trinajstić information content (AvgIpc) is 1.61. The molecule has 91 heavy (non-hydrogen) atoms. The van der Waals surface area contributed by atoms with Crippen molar-refractivity contribution >= 4 is 156 Å². The van der Waals surface area contributed by atoms with E-state index in [9.17, 15) is 78.5 Å². The first-order valence-electron chi connectivity index (χ1n) is 28.0. The van der Waals surface area contributed by atoms with Crippen molar-refractivity contribution in [1.82, 2.24) is 16.0 Å². The fourth-order valence-corrected chi connectivity index (χ4v) is 15.3. The number of benzene rings is 5. The first-order chi connectivity index (χ1) is 42.9. The van der Waals surface area contributed by atoms with Crippen LogP contribution in [0.15, 0.2) is 128 Å². The third-order valence-corrected chi connectivity index (χ3v) is 20.7. The second-order valence-corrected chi connectivity index (χ2v) is 29.7. The number of hydrogen-bond donors (Lipinski definition) is 12. The maximum atomic E-state index is 13.3. The van der Waals surface area contributed by atoms with Crippen LogP contribution in [-0.2, 0) is 68.5 Å².